The van der Waals surface area contributed by atoms with Crippen LogP contribution in [0.4, 0.5) is 0 Å². The van der Waals surface area contributed by atoms with Gasteiger partial charge in [-0.3, -0.25) is 9.59 Å². The van der Waals surface area contributed by atoms with Crippen LogP contribution in [0.5, 0.6) is 0 Å². The second kappa shape index (κ2) is 6.00. The molecule has 0 aliphatic carbocycles. The van der Waals surface area contributed by atoms with Crippen molar-refractivity contribution >= 4 is 11.9 Å². The van der Waals surface area contributed by atoms with Crippen molar-refractivity contribution in [2.24, 2.45) is 23.5 Å². The third kappa shape index (κ3) is 3.70. The summed E-state index contributed by atoms with van der Waals surface area (Å²) in [7, 11) is 0. The molecule has 1 aliphatic heterocycles. The van der Waals surface area contributed by atoms with Crippen molar-refractivity contribution in [3.05, 3.63) is 0 Å². The standard InChI is InChI=1S/C12H22N2O3/c1-8(5-13)3-4-11(15)14-6-9(2)10(7-14)12(16)17/h8-10H,3-7,13H2,1-2H3,(H,16,17)/t8?,9-,10-/m1/s1. The molecule has 1 heterocycles. The first-order valence-corrected chi connectivity index (χ1v) is 6.16. The van der Waals surface area contributed by atoms with Gasteiger partial charge in [-0.15, -0.1) is 0 Å². The number of amides is 1. The van der Waals surface area contributed by atoms with Gasteiger partial charge in [-0.2, -0.15) is 0 Å². The maximum absolute atomic E-state index is 11.9. The molecule has 1 unspecified atom stereocenters. The van der Waals surface area contributed by atoms with Crippen LogP contribution in [0, 0.1) is 17.8 Å². The molecule has 3 atom stereocenters. The van der Waals surface area contributed by atoms with Gasteiger partial charge in [-0.05, 0) is 24.8 Å². The van der Waals surface area contributed by atoms with Crippen molar-refractivity contribution in [1.29, 1.82) is 0 Å². The van der Waals surface area contributed by atoms with E-state index in [0.717, 1.165) is 6.42 Å². The maximum Gasteiger partial charge on any atom is 0.308 e. The van der Waals surface area contributed by atoms with Crippen molar-refractivity contribution in [1.82, 2.24) is 4.90 Å². The Bertz CT molecular complexity index is 293. The summed E-state index contributed by atoms with van der Waals surface area (Å²) < 4.78 is 0. The van der Waals surface area contributed by atoms with Crippen LogP contribution in [0.15, 0.2) is 0 Å². The number of carboxylic acids is 1. The van der Waals surface area contributed by atoms with Gasteiger partial charge in [-0.1, -0.05) is 13.8 Å². The Hall–Kier alpha value is -1.10. The summed E-state index contributed by atoms with van der Waals surface area (Å²) in [6.07, 6.45) is 1.25. The molecular formula is C12H22N2O3. The molecule has 3 N–H and O–H groups in total. The van der Waals surface area contributed by atoms with Crippen LogP contribution in [0.2, 0.25) is 0 Å². The fraction of sp³-hybridized carbons (Fsp3) is 0.833. The van der Waals surface area contributed by atoms with Gasteiger partial charge in [0.15, 0.2) is 0 Å². The van der Waals surface area contributed by atoms with Gasteiger partial charge in [0.2, 0.25) is 5.91 Å². The quantitative estimate of drug-likeness (QED) is 0.737. The average Bonchev–Trinajstić information content (AvgIpc) is 2.67. The molecule has 0 aromatic carbocycles. The minimum absolute atomic E-state index is 0.0448. The smallest absolute Gasteiger partial charge is 0.308 e. The zero-order chi connectivity index (χ0) is 13.0. The first-order chi connectivity index (χ1) is 7.95. The van der Waals surface area contributed by atoms with E-state index in [1.54, 1.807) is 4.90 Å². The van der Waals surface area contributed by atoms with E-state index in [-0.39, 0.29) is 11.8 Å². The minimum atomic E-state index is -0.803. The fourth-order valence-electron chi connectivity index (χ4n) is 2.14. The maximum atomic E-state index is 11.9. The van der Waals surface area contributed by atoms with Crippen LogP contribution in [-0.4, -0.2) is 41.5 Å². The number of carbonyl (C=O) groups is 2. The molecule has 0 aromatic heterocycles. The van der Waals surface area contributed by atoms with E-state index in [4.69, 9.17) is 10.8 Å². The van der Waals surface area contributed by atoms with Crippen LogP contribution in [-0.2, 0) is 9.59 Å². The van der Waals surface area contributed by atoms with Crippen LogP contribution < -0.4 is 5.73 Å². The molecule has 0 radical (unpaired) electrons. The average molecular weight is 242 g/mol. The molecule has 0 spiro atoms. The van der Waals surface area contributed by atoms with E-state index in [1.165, 1.54) is 0 Å². The van der Waals surface area contributed by atoms with Crippen LogP contribution in [0.25, 0.3) is 0 Å². The zero-order valence-corrected chi connectivity index (χ0v) is 10.6. The monoisotopic (exact) mass is 242 g/mol. The Labute approximate surface area is 102 Å². The fourth-order valence-corrected chi connectivity index (χ4v) is 2.14. The van der Waals surface area contributed by atoms with E-state index in [2.05, 4.69) is 0 Å². The zero-order valence-electron chi connectivity index (χ0n) is 10.6. The van der Waals surface area contributed by atoms with Crippen LogP contribution in [0.3, 0.4) is 0 Å². The summed E-state index contributed by atoms with van der Waals surface area (Å²) >= 11 is 0. The van der Waals surface area contributed by atoms with Gasteiger partial charge in [0.25, 0.3) is 0 Å². The molecule has 1 rings (SSSR count). The third-order valence-electron chi connectivity index (χ3n) is 3.54. The molecule has 1 aliphatic rings. The summed E-state index contributed by atoms with van der Waals surface area (Å²) in [5, 5.41) is 8.98. The molecule has 98 valence electrons. The summed E-state index contributed by atoms with van der Waals surface area (Å²) in [5.41, 5.74) is 5.49. The van der Waals surface area contributed by atoms with E-state index < -0.39 is 11.9 Å². The molecule has 17 heavy (non-hydrogen) atoms. The first-order valence-electron chi connectivity index (χ1n) is 6.16. The largest absolute Gasteiger partial charge is 0.481 e. The molecular weight excluding hydrogens is 220 g/mol. The number of likely N-dealkylation sites (tertiary alicyclic amines) is 1. The third-order valence-corrected chi connectivity index (χ3v) is 3.54. The topological polar surface area (TPSA) is 83.6 Å². The van der Waals surface area contributed by atoms with E-state index in [9.17, 15) is 9.59 Å². The van der Waals surface area contributed by atoms with Gasteiger partial charge < -0.3 is 15.7 Å². The molecule has 0 aromatic rings. The summed E-state index contributed by atoms with van der Waals surface area (Å²) in [6.45, 7) is 5.40. The van der Waals surface area contributed by atoms with Crippen molar-refractivity contribution in [2.45, 2.75) is 26.7 Å². The number of hydrogen-bond donors (Lipinski definition) is 2. The molecule has 1 fully saturated rings. The van der Waals surface area contributed by atoms with Gasteiger partial charge in [-0.25, -0.2) is 0 Å². The lowest BCUT2D eigenvalue weighted by Crippen LogP contribution is -2.30. The van der Waals surface area contributed by atoms with E-state index in [0.29, 0.717) is 32.0 Å². The first kappa shape index (κ1) is 14.0. The van der Waals surface area contributed by atoms with Gasteiger partial charge >= 0.3 is 5.97 Å². The Balaban J connectivity index is 2.42. The molecule has 1 amide bonds. The van der Waals surface area contributed by atoms with Crippen molar-refractivity contribution in [2.75, 3.05) is 19.6 Å². The Morgan fingerprint density at radius 3 is 2.59 bits per heavy atom. The lowest BCUT2D eigenvalue weighted by Gasteiger charge is -2.17. The highest BCUT2D eigenvalue weighted by atomic mass is 16.4. The van der Waals surface area contributed by atoms with E-state index in [1.807, 2.05) is 13.8 Å². The highest BCUT2D eigenvalue weighted by Gasteiger charge is 2.36. The lowest BCUT2D eigenvalue weighted by atomic mass is 9.99. The Kier molecular flexibility index (Phi) is 4.93. The molecule has 0 saturated carbocycles. The number of hydrogen-bond acceptors (Lipinski definition) is 3. The highest BCUT2D eigenvalue weighted by molar-refractivity contribution is 5.78. The highest BCUT2D eigenvalue weighted by Crippen LogP contribution is 2.24. The van der Waals surface area contributed by atoms with Gasteiger partial charge in [0.05, 0.1) is 5.92 Å². The second-order valence-corrected chi connectivity index (χ2v) is 5.10. The van der Waals surface area contributed by atoms with Crippen LogP contribution >= 0.6 is 0 Å². The number of carboxylic acid groups (broad SMARTS) is 1. The number of nitrogens with zero attached hydrogens (tertiary/aromatic N) is 1. The summed E-state index contributed by atoms with van der Waals surface area (Å²) in [6, 6.07) is 0. The molecule has 5 nitrogen and oxygen atoms in total. The van der Waals surface area contributed by atoms with Crippen molar-refractivity contribution in [3.63, 3.8) is 0 Å². The number of aliphatic carboxylic acids is 1. The number of carbonyl (C=O) groups excluding carboxylic acids is 1. The molecule has 0 bridgehead atoms. The number of rotatable bonds is 5. The number of nitrogens with two attached hydrogens (primary N) is 1. The van der Waals surface area contributed by atoms with Gasteiger partial charge in [0, 0.05) is 19.5 Å². The normalized spacial score (nSPS) is 25.9. The van der Waals surface area contributed by atoms with E-state index >= 15 is 0 Å². The second-order valence-electron chi connectivity index (χ2n) is 5.10. The predicted molar refractivity (Wildman–Crippen MR) is 64.3 cm³/mol. The SMILES string of the molecule is CC(CN)CCC(=O)N1C[C@@H](C)[C@H](C(=O)O)C1. The molecule has 1 saturated heterocycles. The van der Waals surface area contributed by atoms with Crippen molar-refractivity contribution in [3.8, 4) is 0 Å². The van der Waals surface area contributed by atoms with Gasteiger partial charge in [0.1, 0.15) is 0 Å². The van der Waals surface area contributed by atoms with Crippen LogP contribution in [0.1, 0.15) is 26.7 Å². The molecule has 5 heteroatoms. The summed E-state index contributed by atoms with van der Waals surface area (Å²) in [4.78, 5) is 24.5. The Morgan fingerprint density at radius 1 is 1.47 bits per heavy atom. The van der Waals surface area contributed by atoms with Crippen molar-refractivity contribution < 1.29 is 14.7 Å². The predicted octanol–water partition coefficient (Wildman–Crippen LogP) is 0.541. The Morgan fingerprint density at radius 2 is 2.12 bits per heavy atom. The minimum Gasteiger partial charge on any atom is -0.481 e. The summed E-state index contributed by atoms with van der Waals surface area (Å²) in [5.74, 6) is -0.771. The lowest BCUT2D eigenvalue weighted by molar-refractivity contribution is -0.142.